The SMILES string of the molecule is CC(CCn1c(=S)[nH]c2cc(Br)c(F)cc21)S(C)=O. The lowest BCUT2D eigenvalue weighted by atomic mass is 10.3. The summed E-state index contributed by atoms with van der Waals surface area (Å²) >= 11 is 8.40. The predicted octanol–water partition coefficient (Wildman–Crippen LogP) is 3.76. The highest BCUT2D eigenvalue weighted by Gasteiger charge is 2.11. The molecule has 0 saturated carbocycles. The number of aromatic nitrogens is 2. The van der Waals surface area contributed by atoms with E-state index in [2.05, 4.69) is 20.9 Å². The lowest BCUT2D eigenvalue weighted by Gasteiger charge is -2.09. The van der Waals surface area contributed by atoms with Gasteiger partial charge in [0.1, 0.15) is 5.82 Å². The van der Waals surface area contributed by atoms with Crippen LogP contribution in [-0.4, -0.2) is 25.3 Å². The number of aromatic amines is 1. The molecule has 0 amide bonds. The number of H-pyrrole nitrogens is 1. The molecule has 0 aliphatic heterocycles. The Morgan fingerprint density at radius 2 is 2.26 bits per heavy atom. The van der Waals surface area contributed by atoms with Gasteiger partial charge in [0, 0.05) is 34.9 Å². The maximum absolute atomic E-state index is 13.6. The van der Waals surface area contributed by atoms with Gasteiger partial charge in [-0.3, -0.25) is 4.21 Å². The van der Waals surface area contributed by atoms with Crippen LogP contribution in [0.3, 0.4) is 0 Å². The summed E-state index contributed by atoms with van der Waals surface area (Å²) in [5, 5.41) is 0.0899. The smallest absolute Gasteiger partial charge is 0.178 e. The minimum Gasteiger partial charge on any atom is -0.331 e. The Morgan fingerprint density at radius 1 is 1.58 bits per heavy atom. The molecule has 2 rings (SSSR count). The van der Waals surface area contributed by atoms with Crippen molar-refractivity contribution in [1.82, 2.24) is 9.55 Å². The van der Waals surface area contributed by atoms with Gasteiger partial charge >= 0.3 is 0 Å². The highest BCUT2D eigenvalue weighted by Crippen LogP contribution is 2.23. The minimum atomic E-state index is -0.859. The number of hydrogen-bond donors (Lipinski definition) is 1. The number of nitrogens with one attached hydrogen (secondary N) is 1. The molecule has 0 aliphatic carbocycles. The first-order valence-corrected chi connectivity index (χ1v) is 8.62. The van der Waals surface area contributed by atoms with Crippen molar-refractivity contribution < 1.29 is 8.60 Å². The summed E-state index contributed by atoms with van der Waals surface area (Å²) in [7, 11) is -0.859. The van der Waals surface area contributed by atoms with Crippen molar-refractivity contribution in [3.8, 4) is 0 Å². The maximum atomic E-state index is 13.6. The van der Waals surface area contributed by atoms with E-state index >= 15 is 0 Å². The van der Waals surface area contributed by atoms with E-state index in [1.807, 2.05) is 11.5 Å². The molecule has 2 unspecified atom stereocenters. The lowest BCUT2D eigenvalue weighted by molar-refractivity contribution is 0.613. The van der Waals surface area contributed by atoms with Gasteiger partial charge in [0.15, 0.2) is 4.77 Å². The zero-order valence-electron chi connectivity index (χ0n) is 10.6. The predicted molar refractivity (Wildman–Crippen MR) is 82.9 cm³/mol. The van der Waals surface area contributed by atoms with E-state index < -0.39 is 10.8 Å². The van der Waals surface area contributed by atoms with Crippen LogP contribution in [0.2, 0.25) is 0 Å². The van der Waals surface area contributed by atoms with E-state index in [1.54, 1.807) is 12.3 Å². The largest absolute Gasteiger partial charge is 0.331 e. The van der Waals surface area contributed by atoms with E-state index in [9.17, 15) is 8.60 Å². The van der Waals surface area contributed by atoms with Gasteiger partial charge in [-0.25, -0.2) is 4.39 Å². The molecule has 2 atom stereocenters. The fraction of sp³-hybridized carbons (Fsp3) is 0.417. The fourth-order valence-electron chi connectivity index (χ4n) is 1.85. The van der Waals surface area contributed by atoms with Crippen molar-refractivity contribution in [2.75, 3.05) is 6.26 Å². The molecule has 0 fully saturated rings. The summed E-state index contributed by atoms with van der Waals surface area (Å²) in [6.45, 7) is 2.56. The Bertz CT molecular complexity index is 695. The fourth-order valence-corrected chi connectivity index (χ4v) is 2.93. The van der Waals surface area contributed by atoms with Gasteiger partial charge in [-0.15, -0.1) is 0 Å². The zero-order valence-corrected chi connectivity index (χ0v) is 13.8. The van der Waals surface area contributed by atoms with Crippen LogP contribution in [0.5, 0.6) is 0 Å². The van der Waals surface area contributed by atoms with Crippen molar-refractivity contribution in [1.29, 1.82) is 0 Å². The van der Waals surface area contributed by atoms with E-state index in [0.29, 0.717) is 15.8 Å². The van der Waals surface area contributed by atoms with Crippen LogP contribution in [0, 0.1) is 10.6 Å². The highest BCUT2D eigenvalue weighted by molar-refractivity contribution is 9.10. The molecule has 0 aliphatic rings. The molecule has 1 N–H and O–H groups in total. The van der Waals surface area contributed by atoms with E-state index in [-0.39, 0.29) is 11.1 Å². The molecule has 3 nitrogen and oxygen atoms in total. The number of hydrogen-bond acceptors (Lipinski definition) is 2. The molecule has 0 radical (unpaired) electrons. The second-order valence-electron chi connectivity index (χ2n) is 4.46. The van der Waals surface area contributed by atoms with Crippen LogP contribution >= 0.6 is 28.1 Å². The number of rotatable bonds is 4. The third-order valence-electron chi connectivity index (χ3n) is 3.14. The molecule has 1 aromatic carbocycles. The number of halogens is 2. The summed E-state index contributed by atoms with van der Waals surface area (Å²) in [5.74, 6) is -0.317. The molecular weight excluding hydrogens is 351 g/mol. The number of imidazole rings is 1. The van der Waals surface area contributed by atoms with Gasteiger partial charge in [0.2, 0.25) is 0 Å². The van der Waals surface area contributed by atoms with Crippen LogP contribution in [-0.2, 0) is 17.3 Å². The average Bonchev–Trinajstić information content (AvgIpc) is 2.62. The number of fused-ring (bicyclic) bond motifs is 1. The summed E-state index contributed by atoms with van der Waals surface area (Å²) < 4.78 is 27.8. The summed E-state index contributed by atoms with van der Waals surface area (Å²) in [5.41, 5.74) is 1.53. The first-order chi connectivity index (χ1) is 8.90. The lowest BCUT2D eigenvalue weighted by Crippen LogP contribution is -2.12. The molecule has 104 valence electrons. The quantitative estimate of drug-likeness (QED) is 0.838. The van der Waals surface area contributed by atoms with Crippen molar-refractivity contribution in [3.05, 3.63) is 27.2 Å². The molecule has 2 aromatic rings. The van der Waals surface area contributed by atoms with Crippen LogP contribution in [0.15, 0.2) is 16.6 Å². The molecule has 1 aromatic heterocycles. The van der Waals surface area contributed by atoms with Crippen molar-refractivity contribution in [2.45, 2.75) is 25.1 Å². The standard InChI is InChI=1S/C12H14BrFN2OS2/c1-7(19(2)17)3-4-16-11-6-9(14)8(13)5-10(11)15-12(16)18/h5-7H,3-4H2,1-2H3,(H,15,18). The van der Waals surface area contributed by atoms with E-state index in [4.69, 9.17) is 12.2 Å². The molecular formula is C12H14BrFN2OS2. The molecule has 19 heavy (non-hydrogen) atoms. The van der Waals surface area contributed by atoms with Crippen molar-refractivity contribution in [3.63, 3.8) is 0 Å². The third-order valence-corrected chi connectivity index (χ3v) is 5.44. The monoisotopic (exact) mass is 364 g/mol. The molecule has 0 bridgehead atoms. The van der Waals surface area contributed by atoms with Gasteiger partial charge in [0.05, 0.1) is 15.5 Å². The summed E-state index contributed by atoms with van der Waals surface area (Å²) in [6, 6.07) is 3.14. The van der Waals surface area contributed by atoms with Crippen LogP contribution in [0.25, 0.3) is 11.0 Å². The Balaban J connectivity index is 2.38. The van der Waals surface area contributed by atoms with Crippen LogP contribution in [0.1, 0.15) is 13.3 Å². The number of aryl methyl sites for hydroxylation is 1. The van der Waals surface area contributed by atoms with E-state index in [1.165, 1.54) is 6.07 Å². The van der Waals surface area contributed by atoms with Gasteiger partial charge in [0.25, 0.3) is 0 Å². The van der Waals surface area contributed by atoms with Gasteiger partial charge in [-0.05, 0) is 40.6 Å². The van der Waals surface area contributed by atoms with Crippen LogP contribution < -0.4 is 0 Å². The minimum absolute atomic E-state index is 0.0899. The van der Waals surface area contributed by atoms with Crippen molar-refractivity contribution in [2.24, 2.45) is 0 Å². The van der Waals surface area contributed by atoms with Gasteiger partial charge < -0.3 is 9.55 Å². The Kier molecular flexibility index (Phi) is 4.58. The second-order valence-corrected chi connectivity index (χ2v) is 7.51. The summed E-state index contributed by atoms with van der Waals surface area (Å²) in [4.78, 5) is 3.05. The molecule has 1 heterocycles. The average molecular weight is 365 g/mol. The Morgan fingerprint density at radius 3 is 2.89 bits per heavy atom. The van der Waals surface area contributed by atoms with E-state index in [0.717, 1.165) is 17.5 Å². The zero-order chi connectivity index (χ0) is 14.2. The van der Waals surface area contributed by atoms with Crippen molar-refractivity contribution >= 4 is 50.0 Å². The van der Waals surface area contributed by atoms with Gasteiger partial charge in [-0.2, -0.15) is 0 Å². The van der Waals surface area contributed by atoms with Gasteiger partial charge in [-0.1, -0.05) is 6.92 Å². The first-order valence-electron chi connectivity index (χ1n) is 5.80. The van der Waals surface area contributed by atoms with Crippen LogP contribution in [0.4, 0.5) is 4.39 Å². The molecule has 0 spiro atoms. The number of benzene rings is 1. The topological polar surface area (TPSA) is 37.8 Å². The Hall–Kier alpha value is -0.530. The molecule has 7 heteroatoms. The number of nitrogens with zero attached hydrogens (tertiary/aromatic N) is 1. The summed E-state index contributed by atoms with van der Waals surface area (Å²) in [6.07, 6.45) is 2.43. The first kappa shape index (κ1) is 14.9. The second kappa shape index (κ2) is 5.85. The third kappa shape index (κ3) is 3.14. The highest BCUT2D eigenvalue weighted by atomic mass is 79.9. The maximum Gasteiger partial charge on any atom is 0.178 e. The normalized spacial score (nSPS) is 14.7. The molecule has 0 saturated heterocycles. The Labute approximate surface area is 126 Å².